The van der Waals surface area contributed by atoms with Gasteiger partial charge in [-0.2, -0.15) is 13.2 Å². The monoisotopic (exact) mass is 487 g/mol. The maximum absolute atomic E-state index is 13.4. The molecule has 0 radical (unpaired) electrons. The Morgan fingerprint density at radius 1 is 1.03 bits per heavy atom. The largest absolute Gasteiger partial charge is 0.438 e. The third-order valence-corrected chi connectivity index (χ3v) is 6.27. The number of halogens is 3. The average Bonchev–Trinajstić information content (AvgIpc) is 2.86. The lowest BCUT2D eigenvalue weighted by Gasteiger charge is -2.36. The third-order valence-electron chi connectivity index (χ3n) is 6.27. The summed E-state index contributed by atoms with van der Waals surface area (Å²) in [4.78, 5) is 33.6. The standard InChI is InChI=1S/C25H28F3N5O2/c1-18(33-21-11-6-5-10-20(21)30-22(24(33)35)25(26,27)28)23(34)29-12-7-13-31-14-16-32(17-15-31)19-8-3-2-4-9-19/h2-6,8-11,18H,7,12-17H2,1H3,(H,29,34)/t18-/m1/s1. The molecule has 0 aliphatic carbocycles. The van der Waals surface area contributed by atoms with Gasteiger partial charge in [0.05, 0.1) is 11.0 Å². The summed E-state index contributed by atoms with van der Waals surface area (Å²) in [5, 5.41) is 2.77. The van der Waals surface area contributed by atoms with Crippen LogP contribution in [0.4, 0.5) is 18.9 Å². The van der Waals surface area contributed by atoms with Crippen molar-refractivity contribution < 1.29 is 18.0 Å². The summed E-state index contributed by atoms with van der Waals surface area (Å²) in [6.07, 6.45) is -4.22. The number of para-hydroxylation sites is 3. The first-order valence-corrected chi connectivity index (χ1v) is 11.6. The number of carbonyl (C=O) groups excluding carboxylic acids is 1. The highest BCUT2D eigenvalue weighted by molar-refractivity contribution is 5.83. The second-order valence-corrected chi connectivity index (χ2v) is 8.61. The number of hydrogen-bond donors (Lipinski definition) is 1. The van der Waals surface area contributed by atoms with Gasteiger partial charge in [0.1, 0.15) is 6.04 Å². The van der Waals surface area contributed by atoms with E-state index >= 15 is 0 Å². The summed E-state index contributed by atoms with van der Waals surface area (Å²) in [7, 11) is 0. The number of fused-ring (bicyclic) bond motifs is 1. The number of nitrogens with zero attached hydrogens (tertiary/aromatic N) is 4. The number of alkyl halides is 3. The number of anilines is 1. The first-order valence-electron chi connectivity index (χ1n) is 11.6. The fraction of sp³-hybridized carbons (Fsp3) is 0.400. The molecule has 1 saturated heterocycles. The summed E-state index contributed by atoms with van der Waals surface area (Å²) in [6, 6.07) is 15.1. The lowest BCUT2D eigenvalue weighted by atomic mass is 10.2. The summed E-state index contributed by atoms with van der Waals surface area (Å²) < 4.78 is 41.0. The van der Waals surface area contributed by atoms with E-state index < -0.39 is 29.4 Å². The molecule has 186 valence electrons. The van der Waals surface area contributed by atoms with E-state index in [9.17, 15) is 22.8 Å². The molecule has 2 heterocycles. The molecule has 0 bridgehead atoms. The van der Waals surface area contributed by atoms with E-state index in [1.54, 1.807) is 6.07 Å². The minimum atomic E-state index is -4.91. The number of carbonyl (C=O) groups is 1. The number of nitrogens with one attached hydrogen (secondary N) is 1. The molecule has 0 unspecified atom stereocenters. The smallest absolute Gasteiger partial charge is 0.369 e. The van der Waals surface area contributed by atoms with Gasteiger partial charge in [-0.3, -0.25) is 19.1 Å². The van der Waals surface area contributed by atoms with Crippen molar-refractivity contribution >= 4 is 22.6 Å². The van der Waals surface area contributed by atoms with Gasteiger partial charge in [0.15, 0.2) is 0 Å². The van der Waals surface area contributed by atoms with E-state index in [0.717, 1.165) is 37.3 Å². The molecule has 7 nitrogen and oxygen atoms in total. The van der Waals surface area contributed by atoms with Crippen molar-refractivity contribution in [3.8, 4) is 0 Å². The summed E-state index contributed by atoms with van der Waals surface area (Å²) in [5.41, 5.74) is -1.44. The van der Waals surface area contributed by atoms with Gasteiger partial charge >= 0.3 is 6.18 Å². The van der Waals surface area contributed by atoms with E-state index in [1.165, 1.54) is 30.8 Å². The topological polar surface area (TPSA) is 70.5 Å². The third kappa shape index (κ3) is 5.64. The van der Waals surface area contributed by atoms with E-state index in [4.69, 9.17) is 0 Å². The van der Waals surface area contributed by atoms with Gasteiger partial charge in [-0.25, -0.2) is 4.98 Å². The van der Waals surface area contributed by atoms with E-state index in [2.05, 4.69) is 32.2 Å². The van der Waals surface area contributed by atoms with E-state index in [-0.39, 0.29) is 11.0 Å². The average molecular weight is 488 g/mol. The number of rotatable bonds is 7. The predicted molar refractivity (Wildman–Crippen MR) is 128 cm³/mol. The molecule has 1 N–H and O–H groups in total. The van der Waals surface area contributed by atoms with Gasteiger partial charge < -0.3 is 10.2 Å². The molecule has 2 aromatic carbocycles. The highest BCUT2D eigenvalue weighted by Gasteiger charge is 2.38. The number of benzene rings is 2. The fourth-order valence-electron chi connectivity index (χ4n) is 4.37. The summed E-state index contributed by atoms with van der Waals surface area (Å²) in [5.74, 6) is -0.509. The van der Waals surface area contributed by atoms with Crippen LogP contribution in [0, 0.1) is 0 Å². The van der Waals surface area contributed by atoms with Crippen LogP contribution >= 0.6 is 0 Å². The Hall–Kier alpha value is -3.40. The van der Waals surface area contributed by atoms with Crippen molar-refractivity contribution in [3.05, 3.63) is 70.6 Å². The highest BCUT2D eigenvalue weighted by Crippen LogP contribution is 2.27. The van der Waals surface area contributed by atoms with Crippen LogP contribution in [0.25, 0.3) is 11.0 Å². The van der Waals surface area contributed by atoms with Crippen molar-refractivity contribution in [1.29, 1.82) is 0 Å². The zero-order chi connectivity index (χ0) is 25.0. The first kappa shape index (κ1) is 24.7. The molecule has 10 heteroatoms. The second-order valence-electron chi connectivity index (χ2n) is 8.61. The Balaban J connectivity index is 1.33. The zero-order valence-electron chi connectivity index (χ0n) is 19.5. The molecule has 1 amide bonds. The minimum Gasteiger partial charge on any atom is -0.369 e. The SMILES string of the molecule is C[C@H](C(=O)NCCCN1CCN(c2ccccc2)CC1)n1c(=O)c(C(F)(F)F)nc2ccccc21. The molecule has 1 aromatic heterocycles. The Bertz CT molecular complexity index is 1220. The normalized spacial score (nSPS) is 15.8. The highest BCUT2D eigenvalue weighted by atomic mass is 19.4. The van der Waals surface area contributed by atoms with Crippen LogP contribution in [-0.4, -0.2) is 59.6 Å². The molecule has 1 fully saturated rings. The quantitative estimate of drug-likeness (QED) is 0.518. The van der Waals surface area contributed by atoms with Crippen LogP contribution in [-0.2, 0) is 11.0 Å². The van der Waals surface area contributed by atoms with Crippen LogP contribution in [0.3, 0.4) is 0 Å². The number of hydrogen-bond acceptors (Lipinski definition) is 5. The molecule has 1 atom stereocenters. The maximum atomic E-state index is 13.4. The molecular formula is C25H28F3N5O2. The summed E-state index contributed by atoms with van der Waals surface area (Å²) >= 11 is 0. The number of piperazine rings is 1. The molecule has 0 spiro atoms. The van der Waals surface area contributed by atoms with Gasteiger partial charge in [-0.15, -0.1) is 0 Å². The Morgan fingerprint density at radius 3 is 2.37 bits per heavy atom. The van der Waals surface area contributed by atoms with Crippen LogP contribution in [0.15, 0.2) is 59.4 Å². The van der Waals surface area contributed by atoms with Gasteiger partial charge in [-0.1, -0.05) is 30.3 Å². The summed E-state index contributed by atoms with van der Waals surface area (Å²) in [6.45, 7) is 6.27. The van der Waals surface area contributed by atoms with Crippen molar-refractivity contribution in [2.24, 2.45) is 0 Å². The molecule has 3 aromatic rings. The molecule has 1 aliphatic heterocycles. The van der Waals surface area contributed by atoms with E-state index in [0.29, 0.717) is 13.0 Å². The van der Waals surface area contributed by atoms with Crippen LogP contribution in [0.2, 0.25) is 0 Å². The first-order chi connectivity index (χ1) is 16.8. The number of amides is 1. The van der Waals surface area contributed by atoms with Crippen molar-refractivity contribution in [3.63, 3.8) is 0 Å². The van der Waals surface area contributed by atoms with Gasteiger partial charge in [0.2, 0.25) is 11.6 Å². The Morgan fingerprint density at radius 2 is 1.69 bits per heavy atom. The molecule has 4 rings (SSSR count). The lowest BCUT2D eigenvalue weighted by molar-refractivity contribution is -0.142. The van der Waals surface area contributed by atoms with Crippen molar-refractivity contribution in [1.82, 2.24) is 19.8 Å². The zero-order valence-corrected chi connectivity index (χ0v) is 19.5. The lowest BCUT2D eigenvalue weighted by Crippen LogP contribution is -2.47. The number of aromatic nitrogens is 2. The van der Waals surface area contributed by atoms with Crippen LogP contribution < -0.4 is 15.8 Å². The molecular weight excluding hydrogens is 459 g/mol. The molecule has 35 heavy (non-hydrogen) atoms. The molecule has 0 saturated carbocycles. The van der Waals surface area contributed by atoms with Gasteiger partial charge in [0, 0.05) is 38.4 Å². The van der Waals surface area contributed by atoms with Gasteiger partial charge in [0.25, 0.3) is 5.56 Å². The van der Waals surface area contributed by atoms with Crippen molar-refractivity contribution in [2.75, 3.05) is 44.2 Å². The van der Waals surface area contributed by atoms with Crippen LogP contribution in [0.5, 0.6) is 0 Å². The van der Waals surface area contributed by atoms with Crippen molar-refractivity contribution in [2.45, 2.75) is 25.6 Å². The minimum absolute atomic E-state index is 0.00807. The fourth-order valence-corrected chi connectivity index (χ4v) is 4.37. The maximum Gasteiger partial charge on any atom is 0.438 e. The predicted octanol–water partition coefficient (Wildman–Crippen LogP) is 3.30. The molecule has 1 aliphatic rings. The Kier molecular flexibility index (Phi) is 7.39. The second kappa shape index (κ2) is 10.5. The van der Waals surface area contributed by atoms with E-state index in [1.807, 2.05) is 18.2 Å². The Labute approximate surface area is 201 Å². The van der Waals surface area contributed by atoms with Gasteiger partial charge in [-0.05, 0) is 44.2 Å². The van der Waals surface area contributed by atoms with Crippen LogP contribution in [0.1, 0.15) is 25.1 Å².